The highest BCUT2D eigenvalue weighted by molar-refractivity contribution is 5.20. The minimum absolute atomic E-state index is 0.218. The molecule has 0 saturated heterocycles. The van der Waals surface area contributed by atoms with Gasteiger partial charge >= 0.3 is 0 Å². The first-order valence-corrected chi connectivity index (χ1v) is 5.70. The SMILES string of the molecule is NCc1ncc2c(n1)CCN(CCO)CC2. The molecule has 0 aromatic carbocycles. The summed E-state index contributed by atoms with van der Waals surface area (Å²) in [7, 11) is 0. The van der Waals surface area contributed by atoms with Crippen molar-refractivity contribution in [2.24, 2.45) is 5.73 Å². The molecule has 0 fully saturated rings. The van der Waals surface area contributed by atoms with E-state index in [2.05, 4.69) is 14.9 Å². The fourth-order valence-electron chi connectivity index (χ4n) is 2.03. The number of aliphatic hydroxyl groups excluding tert-OH is 1. The second-order valence-corrected chi connectivity index (χ2v) is 4.03. The second-order valence-electron chi connectivity index (χ2n) is 4.03. The molecular formula is C11H18N4O. The maximum atomic E-state index is 8.92. The quantitative estimate of drug-likeness (QED) is 0.709. The summed E-state index contributed by atoms with van der Waals surface area (Å²) in [5.74, 6) is 0.717. The van der Waals surface area contributed by atoms with Crippen LogP contribution in [0.3, 0.4) is 0 Å². The Balaban J connectivity index is 2.11. The normalized spacial score (nSPS) is 16.9. The fourth-order valence-corrected chi connectivity index (χ4v) is 2.03. The van der Waals surface area contributed by atoms with E-state index in [9.17, 15) is 0 Å². The number of hydrogen-bond donors (Lipinski definition) is 2. The van der Waals surface area contributed by atoms with E-state index in [0.29, 0.717) is 12.4 Å². The van der Waals surface area contributed by atoms with Gasteiger partial charge in [-0.15, -0.1) is 0 Å². The van der Waals surface area contributed by atoms with Gasteiger partial charge < -0.3 is 15.7 Å². The highest BCUT2D eigenvalue weighted by Gasteiger charge is 2.15. The molecule has 2 heterocycles. The summed E-state index contributed by atoms with van der Waals surface area (Å²) in [5, 5.41) is 8.92. The van der Waals surface area contributed by atoms with Crippen molar-refractivity contribution in [2.75, 3.05) is 26.2 Å². The Labute approximate surface area is 95.3 Å². The molecule has 0 amide bonds. The molecule has 0 radical (unpaired) electrons. The smallest absolute Gasteiger partial charge is 0.142 e. The largest absolute Gasteiger partial charge is 0.395 e. The first kappa shape index (κ1) is 11.4. The molecular weight excluding hydrogens is 204 g/mol. The van der Waals surface area contributed by atoms with Gasteiger partial charge in [-0.25, -0.2) is 9.97 Å². The summed E-state index contributed by atoms with van der Waals surface area (Å²) in [6.07, 6.45) is 3.78. The maximum absolute atomic E-state index is 8.92. The van der Waals surface area contributed by atoms with Crippen molar-refractivity contribution in [1.29, 1.82) is 0 Å². The number of rotatable bonds is 3. The van der Waals surface area contributed by atoms with Crippen LogP contribution in [0.15, 0.2) is 6.20 Å². The van der Waals surface area contributed by atoms with Crippen molar-refractivity contribution in [3.8, 4) is 0 Å². The number of nitrogens with two attached hydrogens (primary N) is 1. The Morgan fingerprint density at radius 1 is 1.38 bits per heavy atom. The van der Waals surface area contributed by atoms with Gasteiger partial charge in [-0.05, 0) is 12.0 Å². The molecule has 16 heavy (non-hydrogen) atoms. The minimum atomic E-state index is 0.218. The van der Waals surface area contributed by atoms with Gasteiger partial charge in [0.25, 0.3) is 0 Å². The average molecular weight is 222 g/mol. The highest BCUT2D eigenvalue weighted by atomic mass is 16.3. The van der Waals surface area contributed by atoms with Crippen LogP contribution in [0.2, 0.25) is 0 Å². The van der Waals surface area contributed by atoms with Gasteiger partial charge in [-0.1, -0.05) is 0 Å². The van der Waals surface area contributed by atoms with Crippen LogP contribution in [0, 0.1) is 0 Å². The van der Waals surface area contributed by atoms with Gasteiger partial charge in [0, 0.05) is 37.9 Å². The molecule has 0 spiro atoms. The molecule has 1 aliphatic rings. The van der Waals surface area contributed by atoms with Crippen molar-refractivity contribution in [3.05, 3.63) is 23.3 Å². The average Bonchev–Trinajstić information content (AvgIpc) is 2.52. The zero-order chi connectivity index (χ0) is 11.4. The molecule has 2 rings (SSSR count). The van der Waals surface area contributed by atoms with Crippen molar-refractivity contribution >= 4 is 0 Å². The van der Waals surface area contributed by atoms with Crippen LogP contribution >= 0.6 is 0 Å². The Hall–Kier alpha value is -1.04. The molecule has 1 aliphatic heterocycles. The summed E-state index contributed by atoms with van der Waals surface area (Å²) in [4.78, 5) is 10.9. The molecule has 1 aromatic heterocycles. The van der Waals surface area contributed by atoms with E-state index in [0.717, 1.165) is 38.2 Å². The number of fused-ring (bicyclic) bond motifs is 1. The Morgan fingerprint density at radius 3 is 2.94 bits per heavy atom. The van der Waals surface area contributed by atoms with Crippen LogP contribution in [0.1, 0.15) is 17.1 Å². The van der Waals surface area contributed by atoms with E-state index in [1.807, 2.05) is 6.20 Å². The number of nitrogens with zero attached hydrogens (tertiary/aromatic N) is 3. The second kappa shape index (κ2) is 5.34. The van der Waals surface area contributed by atoms with Crippen LogP contribution in [-0.2, 0) is 19.4 Å². The number of aliphatic hydroxyl groups is 1. The van der Waals surface area contributed by atoms with E-state index in [1.165, 1.54) is 5.56 Å². The lowest BCUT2D eigenvalue weighted by atomic mass is 10.1. The van der Waals surface area contributed by atoms with E-state index in [4.69, 9.17) is 10.8 Å². The van der Waals surface area contributed by atoms with Crippen LogP contribution in [0.5, 0.6) is 0 Å². The Kier molecular flexibility index (Phi) is 3.82. The van der Waals surface area contributed by atoms with Crippen molar-refractivity contribution < 1.29 is 5.11 Å². The lowest BCUT2D eigenvalue weighted by Crippen LogP contribution is -2.29. The lowest BCUT2D eigenvalue weighted by Gasteiger charge is -2.17. The van der Waals surface area contributed by atoms with Crippen molar-refractivity contribution in [1.82, 2.24) is 14.9 Å². The molecule has 0 atom stereocenters. The van der Waals surface area contributed by atoms with Gasteiger partial charge in [0.1, 0.15) is 5.82 Å². The zero-order valence-corrected chi connectivity index (χ0v) is 9.39. The third-order valence-corrected chi connectivity index (χ3v) is 2.97. The maximum Gasteiger partial charge on any atom is 0.142 e. The van der Waals surface area contributed by atoms with Crippen molar-refractivity contribution in [3.63, 3.8) is 0 Å². The molecule has 3 N–H and O–H groups in total. The Morgan fingerprint density at radius 2 is 2.19 bits per heavy atom. The number of β-amino-alcohol motifs (C(OH)–C–C–N with tert-alkyl or cyclic N) is 1. The van der Waals surface area contributed by atoms with Gasteiger partial charge in [0.2, 0.25) is 0 Å². The van der Waals surface area contributed by atoms with Gasteiger partial charge in [-0.3, -0.25) is 0 Å². The van der Waals surface area contributed by atoms with Gasteiger partial charge in [-0.2, -0.15) is 0 Å². The van der Waals surface area contributed by atoms with Crippen LogP contribution in [0.4, 0.5) is 0 Å². The van der Waals surface area contributed by atoms with Crippen molar-refractivity contribution in [2.45, 2.75) is 19.4 Å². The minimum Gasteiger partial charge on any atom is -0.395 e. The standard InChI is InChI=1S/C11H18N4O/c12-7-11-13-8-9-1-3-15(5-6-16)4-2-10(9)14-11/h8,16H,1-7,12H2. The summed E-state index contributed by atoms with van der Waals surface area (Å²) in [5.41, 5.74) is 7.87. The van der Waals surface area contributed by atoms with E-state index < -0.39 is 0 Å². The monoisotopic (exact) mass is 222 g/mol. The Bertz CT molecular complexity index is 356. The molecule has 1 aromatic rings. The predicted octanol–water partition coefficient (Wildman–Crippen LogP) is -0.672. The molecule has 0 aliphatic carbocycles. The topological polar surface area (TPSA) is 75.3 Å². The van der Waals surface area contributed by atoms with E-state index in [1.54, 1.807) is 0 Å². The fraction of sp³-hybridized carbons (Fsp3) is 0.636. The molecule has 0 saturated carbocycles. The third-order valence-electron chi connectivity index (χ3n) is 2.97. The van der Waals surface area contributed by atoms with Gasteiger partial charge in [0.05, 0.1) is 13.2 Å². The van der Waals surface area contributed by atoms with Gasteiger partial charge in [0.15, 0.2) is 0 Å². The highest BCUT2D eigenvalue weighted by Crippen LogP contribution is 2.12. The molecule has 5 nitrogen and oxygen atoms in total. The van der Waals surface area contributed by atoms with E-state index in [-0.39, 0.29) is 6.61 Å². The molecule has 0 bridgehead atoms. The zero-order valence-electron chi connectivity index (χ0n) is 9.39. The number of hydrogen-bond acceptors (Lipinski definition) is 5. The first-order chi connectivity index (χ1) is 7.83. The summed E-state index contributed by atoms with van der Waals surface area (Å²) < 4.78 is 0. The third kappa shape index (κ3) is 2.55. The van der Waals surface area contributed by atoms with Crippen LogP contribution < -0.4 is 5.73 Å². The first-order valence-electron chi connectivity index (χ1n) is 5.70. The number of aromatic nitrogens is 2. The molecule has 0 unspecified atom stereocenters. The predicted molar refractivity (Wildman–Crippen MR) is 60.9 cm³/mol. The summed E-state index contributed by atoms with van der Waals surface area (Å²) >= 11 is 0. The summed E-state index contributed by atoms with van der Waals surface area (Å²) in [6, 6.07) is 0. The van der Waals surface area contributed by atoms with Crippen LogP contribution in [0.25, 0.3) is 0 Å². The van der Waals surface area contributed by atoms with Crippen LogP contribution in [-0.4, -0.2) is 46.2 Å². The molecule has 88 valence electrons. The summed E-state index contributed by atoms with van der Waals surface area (Å²) in [6.45, 7) is 3.28. The lowest BCUT2D eigenvalue weighted by molar-refractivity contribution is 0.201. The molecule has 5 heteroatoms. The van der Waals surface area contributed by atoms with E-state index >= 15 is 0 Å².